The smallest absolute Gasteiger partial charge is 0.288 e. The quantitative estimate of drug-likeness (QED) is 0.567. The Kier molecular flexibility index (Phi) is 2.72. The topological polar surface area (TPSA) is 28.2 Å². The van der Waals surface area contributed by atoms with Crippen molar-refractivity contribution in [3.63, 3.8) is 0 Å². The Balaban J connectivity index is 2.64. The van der Waals surface area contributed by atoms with Gasteiger partial charge in [0.25, 0.3) is 0 Å². The number of halogens is 3. The highest BCUT2D eigenvalue weighted by atomic mass is 19.4. The first-order valence-electron chi connectivity index (χ1n) is 3.48. The third-order valence-corrected chi connectivity index (χ3v) is 1.29. The molecule has 1 N–H and O–H groups in total. The average Bonchev–Trinajstić information content (AvgIpc) is 2.03. The highest BCUT2D eigenvalue weighted by Gasteiger charge is 2.29. The van der Waals surface area contributed by atoms with Crippen LogP contribution >= 0.6 is 0 Å². The van der Waals surface area contributed by atoms with E-state index in [9.17, 15) is 13.2 Å². The number of alkyl halides is 3. The van der Waals surface area contributed by atoms with Crippen LogP contribution in [0.1, 0.15) is 0 Å². The van der Waals surface area contributed by atoms with Crippen LogP contribution in [0.25, 0.3) is 0 Å². The summed E-state index contributed by atoms with van der Waals surface area (Å²) in [7, 11) is 1.25. The molecular formula is C7H8F3N3. The second kappa shape index (κ2) is 3.61. The zero-order valence-electron chi connectivity index (χ0n) is 6.84. The Bertz CT molecular complexity index is 259. The molecule has 0 amide bonds. The molecule has 0 fully saturated rings. The Hall–Kier alpha value is -1.30. The van der Waals surface area contributed by atoms with E-state index in [-0.39, 0.29) is 5.82 Å². The van der Waals surface area contributed by atoms with Gasteiger partial charge in [0.05, 0.1) is 0 Å². The summed E-state index contributed by atoms with van der Waals surface area (Å²) in [6.07, 6.45) is -3.02. The molecule has 0 aliphatic carbocycles. The molecule has 0 spiro atoms. The summed E-state index contributed by atoms with van der Waals surface area (Å²) in [5.41, 5.74) is 1.31. The van der Waals surface area contributed by atoms with Gasteiger partial charge in [-0.3, -0.25) is 5.01 Å². The Morgan fingerprint density at radius 3 is 2.54 bits per heavy atom. The standard InChI is InChI=1S/C7H8F3N3/c1-13(12-7(8,9)10)6-4-2-3-5-11-6/h2-5,12H,1H3. The molecule has 3 nitrogen and oxygen atoms in total. The Labute approximate surface area is 73.2 Å². The minimum atomic E-state index is -4.44. The zero-order chi connectivity index (χ0) is 9.90. The molecule has 6 heteroatoms. The molecule has 0 unspecified atom stereocenters. The highest BCUT2D eigenvalue weighted by molar-refractivity contribution is 5.34. The van der Waals surface area contributed by atoms with Crippen LogP contribution in [0.2, 0.25) is 0 Å². The van der Waals surface area contributed by atoms with E-state index in [1.54, 1.807) is 12.1 Å². The lowest BCUT2D eigenvalue weighted by atomic mass is 10.5. The van der Waals surface area contributed by atoms with Gasteiger partial charge < -0.3 is 0 Å². The van der Waals surface area contributed by atoms with Gasteiger partial charge in [-0.05, 0) is 12.1 Å². The van der Waals surface area contributed by atoms with Crippen molar-refractivity contribution in [2.75, 3.05) is 12.1 Å². The number of anilines is 1. The summed E-state index contributed by atoms with van der Waals surface area (Å²) in [6, 6.07) is 4.71. The van der Waals surface area contributed by atoms with Gasteiger partial charge in [-0.2, -0.15) is 13.2 Å². The number of hydrogen-bond donors (Lipinski definition) is 1. The first-order valence-corrected chi connectivity index (χ1v) is 3.48. The molecule has 0 saturated carbocycles. The van der Waals surface area contributed by atoms with Crippen LogP contribution in [-0.2, 0) is 0 Å². The third-order valence-electron chi connectivity index (χ3n) is 1.29. The summed E-state index contributed by atoms with van der Waals surface area (Å²) in [5.74, 6) is 0.208. The van der Waals surface area contributed by atoms with E-state index in [0.717, 1.165) is 5.01 Å². The SMILES string of the molecule is CN(NC(F)(F)F)c1ccccn1. The molecule has 0 radical (unpaired) electrons. The number of hydrazine groups is 1. The number of nitrogens with one attached hydrogen (secondary N) is 1. The van der Waals surface area contributed by atoms with Gasteiger partial charge in [0.2, 0.25) is 0 Å². The molecule has 1 rings (SSSR count). The van der Waals surface area contributed by atoms with Crippen LogP contribution in [0.4, 0.5) is 19.0 Å². The normalized spacial score (nSPS) is 11.4. The van der Waals surface area contributed by atoms with E-state index < -0.39 is 6.30 Å². The lowest BCUT2D eigenvalue weighted by Gasteiger charge is -2.20. The van der Waals surface area contributed by atoms with Gasteiger partial charge in [-0.15, -0.1) is 5.43 Å². The molecule has 1 aromatic heterocycles. The summed E-state index contributed by atoms with van der Waals surface area (Å²) < 4.78 is 35.4. The van der Waals surface area contributed by atoms with Crippen LogP contribution in [0.15, 0.2) is 24.4 Å². The fourth-order valence-electron chi connectivity index (χ4n) is 0.800. The molecule has 0 saturated heterocycles. The molecule has 0 aromatic carbocycles. The van der Waals surface area contributed by atoms with E-state index in [2.05, 4.69) is 4.98 Å². The van der Waals surface area contributed by atoms with E-state index in [4.69, 9.17) is 0 Å². The number of pyridine rings is 1. The minimum Gasteiger partial charge on any atom is -0.288 e. The van der Waals surface area contributed by atoms with Crippen molar-refractivity contribution in [1.82, 2.24) is 10.4 Å². The lowest BCUT2D eigenvalue weighted by Crippen LogP contribution is -2.45. The maximum Gasteiger partial charge on any atom is 0.474 e. The Morgan fingerprint density at radius 1 is 1.38 bits per heavy atom. The summed E-state index contributed by atoms with van der Waals surface area (Å²) in [5, 5.41) is 0.806. The van der Waals surface area contributed by atoms with E-state index >= 15 is 0 Å². The van der Waals surface area contributed by atoms with Crippen LogP contribution in [-0.4, -0.2) is 18.3 Å². The molecule has 0 aliphatic heterocycles. The fraction of sp³-hybridized carbons (Fsp3) is 0.286. The molecule has 1 aromatic rings. The number of hydrogen-bond acceptors (Lipinski definition) is 3. The third kappa shape index (κ3) is 3.29. The second-order valence-corrected chi connectivity index (χ2v) is 2.36. The number of rotatable bonds is 2. The monoisotopic (exact) mass is 191 g/mol. The van der Waals surface area contributed by atoms with Crippen LogP contribution in [0, 0.1) is 0 Å². The van der Waals surface area contributed by atoms with Crippen molar-refractivity contribution >= 4 is 5.82 Å². The van der Waals surface area contributed by atoms with Gasteiger partial charge in [-0.25, -0.2) is 4.98 Å². The van der Waals surface area contributed by atoms with Crippen molar-refractivity contribution in [2.45, 2.75) is 6.30 Å². The largest absolute Gasteiger partial charge is 0.474 e. The van der Waals surface area contributed by atoms with Crippen molar-refractivity contribution < 1.29 is 13.2 Å². The molecule has 0 bridgehead atoms. The zero-order valence-corrected chi connectivity index (χ0v) is 6.84. The minimum absolute atomic E-state index is 0.208. The lowest BCUT2D eigenvalue weighted by molar-refractivity contribution is -0.158. The van der Waals surface area contributed by atoms with Crippen molar-refractivity contribution in [2.24, 2.45) is 0 Å². The maximum atomic E-state index is 11.8. The Morgan fingerprint density at radius 2 is 2.08 bits per heavy atom. The fourth-order valence-corrected chi connectivity index (χ4v) is 0.800. The van der Waals surface area contributed by atoms with Gasteiger partial charge in [-0.1, -0.05) is 6.07 Å². The van der Waals surface area contributed by atoms with Crippen molar-refractivity contribution in [3.8, 4) is 0 Å². The number of nitrogens with zero attached hydrogens (tertiary/aromatic N) is 2. The van der Waals surface area contributed by atoms with Gasteiger partial charge in [0.15, 0.2) is 0 Å². The molecule has 0 aliphatic rings. The van der Waals surface area contributed by atoms with Crippen LogP contribution in [0.3, 0.4) is 0 Å². The summed E-state index contributed by atoms with van der Waals surface area (Å²) >= 11 is 0. The van der Waals surface area contributed by atoms with E-state index in [0.29, 0.717) is 0 Å². The van der Waals surface area contributed by atoms with Gasteiger partial charge in [0.1, 0.15) is 5.82 Å². The summed E-state index contributed by atoms with van der Waals surface area (Å²) in [6.45, 7) is 0. The number of aromatic nitrogens is 1. The van der Waals surface area contributed by atoms with E-state index in [1.807, 2.05) is 0 Å². The average molecular weight is 191 g/mol. The van der Waals surface area contributed by atoms with Gasteiger partial charge >= 0.3 is 6.30 Å². The van der Waals surface area contributed by atoms with E-state index in [1.165, 1.54) is 24.7 Å². The first kappa shape index (κ1) is 9.79. The predicted molar refractivity (Wildman–Crippen MR) is 41.8 cm³/mol. The molecular weight excluding hydrogens is 183 g/mol. The molecule has 72 valence electrons. The second-order valence-electron chi connectivity index (χ2n) is 2.36. The summed E-state index contributed by atoms with van der Waals surface area (Å²) in [4.78, 5) is 3.73. The molecule has 13 heavy (non-hydrogen) atoms. The maximum absolute atomic E-state index is 11.8. The van der Waals surface area contributed by atoms with Crippen LogP contribution < -0.4 is 10.4 Å². The predicted octanol–water partition coefficient (Wildman–Crippen LogP) is 1.54. The molecule has 1 heterocycles. The van der Waals surface area contributed by atoms with Crippen LogP contribution in [0.5, 0.6) is 0 Å². The van der Waals surface area contributed by atoms with Crippen molar-refractivity contribution in [3.05, 3.63) is 24.4 Å². The van der Waals surface area contributed by atoms with Crippen molar-refractivity contribution in [1.29, 1.82) is 0 Å². The first-order chi connectivity index (χ1) is 5.99. The molecule has 0 atom stereocenters. The van der Waals surface area contributed by atoms with Gasteiger partial charge in [0, 0.05) is 13.2 Å². The highest BCUT2D eigenvalue weighted by Crippen LogP contribution is 2.13.